The number of methoxy groups -OCH3 is 1. The van der Waals surface area contributed by atoms with E-state index < -0.39 is 6.10 Å². The molecule has 0 aliphatic carbocycles. The van der Waals surface area contributed by atoms with Gasteiger partial charge in [-0.25, -0.2) is 0 Å². The van der Waals surface area contributed by atoms with Crippen LogP contribution in [-0.4, -0.2) is 29.9 Å². The van der Waals surface area contributed by atoms with Crippen LogP contribution in [0.1, 0.15) is 45.2 Å². The number of carbonyl (C=O) groups is 2. The maximum atomic E-state index is 12.9. The second kappa shape index (κ2) is 8.78. The molecule has 0 fully saturated rings. The van der Waals surface area contributed by atoms with E-state index in [1.807, 2.05) is 63.2 Å². The molecule has 6 heteroatoms. The molecule has 1 N–H and O–H groups in total. The van der Waals surface area contributed by atoms with Crippen molar-refractivity contribution < 1.29 is 19.1 Å². The summed E-state index contributed by atoms with van der Waals surface area (Å²) in [7, 11) is 1.62. The minimum absolute atomic E-state index is 0.0327. The summed E-state index contributed by atoms with van der Waals surface area (Å²) in [6.45, 7) is 8.69. The fourth-order valence-electron chi connectivity index (χ4n) is 3.49. The van der Waals surface area contributed by atoms with Crippen LogP contribution in [0.4, 0.5) is 5.69 Å². The topological polar surface area (TPSA) is 67.9 Å². The summed E-state index contributed by atoms with van der Waals surface area (Å²) in [5, 5.41) is 2.96. The second-order valence-corrected chi connectivity index (χ2v) is 8.91. The minimum atomic E-state index is -0.585. The summed E-state index contributed by atoms with van der Waals surface area (Å²) in [5.41, 5.74) is 2.46. The summed E-state index contributed by atoms with van der Waals surface area (Å²) < 4.78 is 11.2. The Morgan fingerprint density at radius 1 is 1.23 bits per heavy atom. The Bertz CT molecular complexity index is 933. The van der Waals surface area contributed by atoms with Crippen LogP contribution in [0.5, 0.6) is 11.5 Å². The standard InChI is InChI=1S/C24H30N2O4/c1-16-23(28)26(14-17-7-6-8-20(11-17)29-5)15-18-12-19(9-10-21(18)30-16)25-22(27)13-24(2,3)4/h6-12,16H,13-15H2,1-5H3,(H,25,27)/t16-/m1/s1. The van der Waals surface area contributed by atoms with Crippen molar-refractivity contribution in [1.29, 1.82) is 0 Å². The normalized spacial score (nSPS) is 16.4. The van der Waals surface area contributed by atoms with Gasteiger partial charge >= 0.3 is 0 Å². The van der Waals surface area contributed by atoms with Gasteiger partial charge in [-0.1, -0.05) is 32.9 Å². The number of fused-ring (bicyclic) bond motifs is 1. The van der Waals surface area contributed by atoms with E-state index in [4.69, 9.17) is 9.47 Å². The Morgan fingerprint density at radius 2 is 2.00 bits per heavy atom. The first-order chi connectivity index (χ1) is 14.1. The molecule has 0 saturated carbocycles. The molecule has 0 spiro atoms. The van der Waals surface area contributed by atoms with Gasteiger partial charge in [0.05, 0.1) is 7.11 Å². The molecule has 2 amide bonds. The van der Waals surface area contributed by atoms with Crippen LogP contribution in [0.15, 0.2) is 42.5 Å². The number of nitrogens with one attached hydrogen (secondary N) is 1. The van der Waals surface area contributed by atoms with Gasteiger partial charge in [-0.2, -0.15) is 0 Å². The first-order valence-corrected chi connectivity index (χ1v) is 10.2. The predicted molar refractivity (Wildman–Crippen MR) is 116 cm³/mol. The maximum Gasteiger partial charge on any atom is 0.263 e. The number of carbonyl (C=O) groups excluding carboxylic acids is 2. The molecule has 1 aliphatic rings. The quantitative estimate of drug-likeness (QED) is 0.794. The van der Waals surface area contributed by atoms with Crippen molar-refractivity contribution >= 4 is 17.5 Å². The highest BCUT2D eigenvalue weighted by Crippen LogP contribution is 2.30. The lowest BCUT2D eigenvalue weighted by atomic mass is 9.92. The molecule has 1 aliphatic heterocycles. The Labute approximate surface area is 178 Å². The van der Waals surface area contributed by atoms with Gasteiger partial charge in [-0.15, -0.1) is 0 Å². The average Bonchev–Trinajstić information content (AvgIpc) is 2.77. The molecule has 0 saturated heterocycles. The third-order valence-corrected chi connectivity index (χ3v) is 4.87. The highest BCUT2D eigenvalue weighted by molar-refractivity contribution is 5.91. The number of benzene rings is 2. The van der Waals surface area contributed by atoms with Crippen molar-refractivity contribution in [1.82, 2.24) is 4.90 Å². The van der Waals surface area contributed by atoms with Gasteiger partial charge < -0.3 is 19.7 Å². The van der Waals surface area contributed by atoms with Crippen molar-refractivity contribution in [2.24, 2.45) is 5.41 Å². The first kappa shape index (κ1) is 21.7. The molecule has 3 rings (SSSR count). The van der Waals surface area contributed by atoms with Gasteiger partial charge in [0, 0.05) is 30.8 Å². The van der Waals surface area contributed by atoms with E-state index in [1.165, 1.54) is 0 Å². The molecule has 2 aromatic carbocycles. The highest BCUT2D eigenvalue weighted by atomic mass is 16.5. The molecule has 1 heterocycles. The molecule has 0 aromatic heterocycles. The van der Waals surface area contributed by atoms with Crippen molar-refractivity contribution in [2.45, 2.75) is 53.3 Å². The van der Waals surface area contributed by atoms with E-state index >= 15 is 0 Å². The number of hydrogen-bond acceptors (Lipinski definition) is 4. The van der Waals surface area contributed by atoms with Crippen LogP contribution < -0.4 is 14.8 Å². The SMILES string of the molecule is COc1cccc(CN2Cc3cc(NC(=O)CC(C)(C)C)ccc3O[C@H](C)C2=O)c1. The van der Waals surface area contributed by atoms with Gasteiger partial charge in [0.25, 0.3) is 5.91 Å². The summed E-state index contributed by atoms with van der Waals surface area (Å²) in [4.78, 5) is 27.0. The molecule has 0 radical (unpaired) electrons. The van der Waals surface area contributed by atoms with Gasteiger partial charge in [0.1, 0.15) is 11.5 Å². The summed E-state index contributed by atoms with van der Waals surface area (Å²) in [6, 6.07) is 13.2. The lowest BCUT2D eigenvalue weighted by molar-refractivity contribution is -0.138. The van der Waals surface area contributed by atoms with Crippen LogP contribution in [-0.2, 0) is 22.7 Å². The van der Waals surface area contributed by atoms with Crippen LogP contribution in [0.3, 0.4) is 0 Å². The number of amides is 2. The Balaban J connectivity index is 1.81. The van der Waals surface area contributed by atoms with Crippen LogP contribution in [0.2, 0.25) is 0 Å². The van der Waals surface area contributed by atoms with E-state index in [0.29, 0.717) is 30.9 Å². The van der Waals surface area contributed by atoms with E-state index in [9.17, 15) is 9.59 Å². The van der Waals surface area contributed by atoms with E-state index in [2.05, 4.69) is 5.32 Å². The predicted octanol–water partition coefficient (Wildman–Crippen LogP) is 4.38. The Kier molecular flexibility index (Phi) is 6.34. The van der Waals surface area contributed by atoms with Gasteiger partial charge in [-0.3, -0.25) is 9.59 Å². The zero-order valence-corrected chi connectivity index (χ0v) is 18.3. The summed E-state index contributed by atoms with van der Waals surface area (Å²) in [6.07, 6.45) is -0.156. The van der Waals surface area contributed by atoms with Crippen molar-refractivity contribution in [2.75, 3.05) is 12.4 Å². The molecule has 2 aromatic rings. The van der Waals surface area contributed by atoms with Crippen molar-refractivity contribution in [3.8, 4) is 11.5 Å². The molecule has 6 nitrogen and oxygen atoms in total. The zero-order valence-electron chi connectivity index (χ0n) is 18.3. The van der Waals surface area contributed by atoms with Gasteiger partial charge in [0.2, 0.25) is 5.91 Å². The minimum Gasteiger partial charge on any atom is -0.497 e. The van der Waals surface area contributed by atoms with Gasteiger partial charge in [0.15, 0.2) is 6.10 Å². The number of anilines is 1. The summed E-state index contributed by atoms with van der Waals surface area (Å²) in [5.74, 6) is 1.31. The highest BCUT2D eigenvalue weighted by Gasteiger charge is 2.28. The van der Waals surface area contributed by atoms with Crippen LogP contribution in [0.25, 0.3) is 0 Å². The van der Waals surface area contributed by atoms with Gasteiger partial charge in [-0.05, 0) is 48.2 Å². The molecule has 30 heavy (non-hydrogen) atoms. The Hall–Kier alpha value is -3.02. The molecule has 160 valence electrons. The zero-order chi connectivity index (χ0) is 21.9. The maximum absolute atomic E-state index is 12.9. The summed E-state index contributed by atoms with van der Waals surface area (Å²) >= 11 is 0. The molecule has 1 atom stereocenters. The molecular weight excluding hydrogens is 380 g/mol. The number of nitrogens with zero attached hydrogens (tertiary/aromatic N) is 1. The van der Waals surface area contributed by atoms with Crippen LogP contribution >= 0.6 is 0 Å². The lowest BCUT2D eigenvalue weighted by Crippen LogP contribution is -2.37. The first-order valence-electron chi connectivity index (χ1n) is 10.2. The lowest BCUT2D eigenvalue weighted by Gasteiger charge is -2.22. The second-order valence-electron chi connectivity index (χ2n) is 8.91. The number of rotatable bonds is 5. The van der Waals surface area contributed by atoms with E-state index in [1.54, 1.807) is 18.9 Å². The monoisotopic (exact) mass is 410 g/mol. The molecular formula is C24H30N2O4. The third-order valence-electron chi connectivity index (χ3n) is 4.87. The van der Waals surface area contributed by atoms with E-state index in [-0.39, 0.29) is 17.2 Å². The van der Waals surface area contributed by atoms with Crippen molar-refractivity contribution in [3.05, 3.63) is 53.6 Å². The molecule has 0 bridgehead atoms. The number of hydrogen-bond donors (Lipinski definition) is 1. The van der Waals surface area contributed by atoms with Crippen molar-refractivity contribution in [3.63, 3.8) is 0 Å². The smallest absolute Gasteiger partial charge is 0.263 e. The van der Waals surface area contributed by atoms with Crippen LogP contribution in [0, 0.1) is 5.41 Å². The number of ether oxygens (including phenoxy) is 2. The fourth-order valence-corrected chi connectivity index (χ4v) is 3.49. The largest absolute Gasteiger partial charge is 0.497 e. The third kappa shape index (κ3) is 5.53. The molecule has 0 unspecified atom stereocenters. The fraction of sp³-hybridized carbons (Fsp3) is 0.417. The average molecular weight is 411 g/mol. The van der Waals surface area contributed by atoms with E-state index in [0.717, 1.165) is 16.9 Å². The Morgan fingerprint density at radius 3 is 2.70 bits per heavy atom.